The van der Waals surface area contributed by atoms with Crippen LogP contribution in [-0.4, -0.2) is 11.4 Å². The van der Waals surface area contributed by atoms with Gasteiger partial charge in [0.15, 0.2) is 0 Å². The van der Waals surface area contributed by atoms with Crippen LogP contribution >= 0.6 is 0 Å². The molecule has 0 fully saturated rings. The fourth-order valence-electron chi connectivity index (χ4n) is 8.99. The van der Waals surface area contributed by atoms with Gasteiger partial charge in [-0.05, 0) is 123 Å². The zero-order valence-electron chi connectivity index (χ0n) is 43.3. The van der Waals surface area contributed by atoms with E-state index < -0.39 is 0 Å². The summed E-state index contributed by atoms with van der Waals surface area (Å²) < 4.78 is 0. The maximum atomic E-state index is 11.3. The number of nitrogens with zero attached hydrogens (tertiary/aromatic N) is 2. The van der Waals surface area contributed by atoms with Crippen molar-refractivity contribution < 1.29 is 26.7 Å². The number of rotatable bonds is 35. The Morgan fingerprint density at radius 2 is 0.723 bits per heavy atom. The first-order valence-electron chi connectivity index (χ1n) is 27.1. The first kappa shape index (κ1) is 60.1. The minimum absolute atomic E-state index is 0. The van der Waals surface area contributed by atoms with Crippen molar-refractivity contribution in [3.05, 3.63) is 81.9 Å². The molecule has 0 N–H and O–H groups in total. The van der Waals surface area contributed by atoms with Crippen molar-refractivity contribution >= 4 is 22.8 Å². The van der Waals surface area contributed by atoms with Gasteiger partial charge in [-0.25, -0.2) is 0 Å². The van der Waals surface area contributed by atoms with Crippen LogP contribution in [0.2, 0.25) is 0 Å². The minimum Gasteiger partial charge on any atom is -0.873 e. The van der Waals surface area contributed by atoms with Crippen molar-refractivity contribution in [2.75, 3.05) is 0 Å². The normalized spacial score (nSPS) is 11.7. The van der Waals surface area contributed by atoms with Crippen molar-refractivity contribution in [1.29, 1.82) is 0 Å². The number of hydrogen-bond acceptors (Lipinski definition) is 4. The van der Waals surface area contributed by atoms with Gasteiger partial charge in [-0.1, -0.05) is 220 Å². The van der Waals surface area contributed by atoms with Gasteiger partial charge in [-0.15, -0.1) is 11.5 Å². The molecule has 0 aromatic heterocycles. The third-order valence-electron chi connectivity index (χ3n) is 13.3. The molecular formula is C60H96N2NiO2. The minimum atomic E-state index is -0.387. The Morgan fingerprint density at radius 3 is 1.11 bits per heavy atom. The predicted molar refractivity (Wildman–Crippen MR) is 280 cm³/mol. The summed E-state index contributed by atoms with van der Waals surface area (Å²) in [5.74, 6) is -0.722. The summed E-state index contributed by atoms with van der Waals surface area (Å²) in [7, 11) is 0. The van der Waals surface area contributed by atoms with Crippen molar-refractivity contribution in [3.63, 3.8) is 0 Å². The second kappa shape index (κ2) is 39.1. The van der Waals surface area contributed by atoms with Gasteiger partial charge in [-0.3, -0.25) is 9.98 Å². The van der Waals surface area contributed by atoms with E-state index in [1.807, 2.05) is 0 Å². The molecule has 0 heterocycles. The molecule has 65 heavy (non-hydrogen) atoms. The van der Waals surface area contributed by atoms with Gasteiger partial charge >= 0.3 is 16.5 Å². The molecule has 3 aromatic carbocycles. The summed E-state index contributed by atoms with van der Waals surface area (Å²) in [5, 5.41) is 22.3. The number of aryl methyl sites for hydroxylation is 5. The average molecular weight is 936 g/mol. The van der Waals surface area contributed by atoms with Gasteiger partial charge in [0.25, 0.3) is 0 Å². The number of unbranched alkanes of at least 4 members (excludes halogenated alkanes) is 22. The van der Waals surface area contributed by atoms with Crippen LogP contribution in [-0.2, 0) is 48.6 Å². The Morgan fingerprint density at radius 1 is 0.385 bits per heavy atom. The molecule has 0 radical (unpaired) electrons. The Balaban J connectivity index is 0.00000119. The molecule has 5 heteroatoms. The first-order valence-corrected chi connectivity index (χ1v) is 27.1. The first-order chi connectivity index (χ1) is 31.3. The Labute approximate surface area is 411 Å². The van der Waals surface area contributed by atoms with Crippen LogP contribution in [0.3, 0.4) is 0 Å². The molecule has 0 saturated carbocycles. The van der Waals surface area contributed by atoms with E-state index in [-0.39, 0.29) is 28.0 Å². The standard InChI is InChI=1S/C48H80N2.C12H18O2.Ni/c1-7-13-15-16-17-18-19-20-21-22-23-24-25-26-27-28-29-30-31-32-34-48(50-46-38-36-42(10-4)44(12-6)40-46)47(33-14-8-2)49-45-37-35-41(9-3)43(11-5)39-45;1-3-4-5-6-10-7-8-11(13)12(14)9(10)2;/h35-40H,7-34H2,1-6H3;7-8,13-14H,3-6H2,1-2H3;/q;;+2/p-2. The van der Waals surface area contributed by atoms with Gasteiger partial charge in [0.1, 0.15) is 0 Å². The summed E-state index contributed by atoms with van der Waals surface area (Å²) in [6, 6.07) is 16.9. The average Bonchev–Trinajstić information content (AvgIpc) is 3.31. The van der Waals surface area contributed by atoms with Crippen LogP contribution in [0, 0.1) is 6.92 Å². The maximum Gasteiger partial charge on any atom is 2.00 e. The van der Waals surface area contributed by atoms with Crippen molar-refractivity contribution in [3.8, 4) is 11.5 Å². The van der Waals surface area contributed by atoms with E-state index in [1.54, 1.807) is 13.0 Å². The van der Waals surface area contributed by atoms with Gasteiger partial charge in [-0.2, -0.15) is 0 Å². The van der Waals surface area contributed by atoms with E-state index in [0.29, 0.717) is 5.56 Å². The van der Waals surface area contributed by atoms with Crippen LogP contribution in [0.15, 0.2) is 58.5 Å². The Kier molecular flexibility index (Phi) is 36.2. The van der Waals surface area contributed by atoms with Crippen LogP contribution in [0.4, 0.5) is 11.4 Å². The molecule has 0 aliphatic rings. The number of aliphatic imine (C=N–C) groups is 2. The van der Waals surface area contributed by atoms with Crippen LogP contribution in [0.5, 0.6) is 11.5 Å². The quantitative estimate of drug-likeness (QED) is 0.0335. The topological polar surface area (TPSA) is 70.8 Å². The molecule has 3 aromatic rings. The molecule has 0 atom stereocenters. The zero-order valence-corrected chi connectivity index (χ0v) is 44.3. The number of hydrogen-bond donors (Lipinski definition) is 0. The molecular weight excluding hydrogens is 839 g/mol. The molecule has 368 valence electrons. The summed E-state index contributed by atoms with van der Waals surface area (Å²) in [6.45, 7) is 17.5. The monoisotopic (exact) mass is 935 g/mol. The van der Waals surface area contributed by atoms with Crippen LogP contribution < -0.4 is 10.2 Å². The summed E-state index contributed by atoms with van der Waals surface area (Å²) in [6.07, 6.45) is 41.3. The molecule has 0 spiro atoms. The maximum absolute atomic E-state index is 11.3. The van der Waals surface area contributed by atoms with E-state index in [4.69, 9.17) is 9.98 Å². The fraction of sp³-hybridized carbons (Fsp3) is 0.667. The van der Waals surface area contributed by atoms with E-state index in [0.717, 1.165) is 74.7 Å². The molecule has 4 nitrogen and oxygen atoms in total. The molecule has 0 saturated heterocycles. The van der Waals surface area contributed by atoms with Crippen molar-refractivity contribution in [2.45, 2.75) is 261 Å². The molecule has 0 aliphatic heterocycles. The van der Waals surface area contributed by atoms with Gasteiger partial charge in [0, 0.05) is 0 Å². The Hall–Kier alpha value is -2.91. The largest absolute Gasteiger partial charge is 2.00 e. The zero-order chi connectivity index (χ0) is 46.6. The third kappa shape index (κ3) is 25.7. The summed E-state index contributed by atoms with van der Waals surface area (Å²) >= 11 is 0. The van der Waals surface area contributed by atoms with Crippen LogP contribution in [0.25, 0.3) is 0 Å². The molecule has 0 amide bonds. The second-order valence-electron chi connectivity index (χ2n) is 18.6. The predicted octanol–water partition coefficient (Wildman–Crippen LogP) is 18.1. The summed E-state index contributed by atoms with van der Waals surface area (Å²) in [4.78, 5) is 10.7. The van der Waals surface area contributed by atoms with E-state index >= 15 is 0 Å². The van der Waals surface area contributed by atoms with Gasteiger partial charge < -0.3 is 10.2 Å². The van der Waals surface area contributed by atoms with Crippen LogP contribution in [0.1, 0.15) is 255 Å². The second-order valence-corrected chi connectivity index (χ2v) is 18.6. The molecule has 3 rings (SSSR count). The number of benzene rings is 3. The third-order valence-corrected chi connectivity index (χ3v) is 13.3. The van der Waals surface area contributed by atoms with Crippen molar-refractivity contribution in [1.82, 2.24) is 0 Å². The smallest absolute Gasteiger partial charge is 0.873 e. The van der Waals surface area contributed by atoms with Gasteiger partial charge in [0.05, 0.1) is 22.8 Å². The SMILES string of the molecule is CCCCCCCCCCCCCCCCCCCCCCC(=Nc1ccc(CC)c(CC)c1)C(CCCC)=Nc1ccc(CC)c(CC)c1.CCCCCc1ccc([O-])c([O-])c1C.[Ni+2]. The van der Waals surface area contributed by atoms with E-state index in [2.05, 4.69) is 84.9 Å². The molecule has 0 aliphatic carbocycles. The summed E-state index contributed by atoms with van der Waals surface area (Å²) in [5.41, 5.74) is 12.0. The van der Waals surface area contributed by atoms with Gasteiger partial charge in [0.2, 0.25) is 0 Å². The van der Waals surface area contributed by atoms with E-state index in [1.165, 1.54) is 187 Å². The Bertz CT molecular complexity index is 1710. The molecule has 0 bridgehead atoms. The fourth-order valence-corrected chi connectivity index (χ4v) is 8.99. The van der Waals surface area contributed by atoms with Crippen molar-refractivity contribution in [2.24, 2.45) is 9.98 Å². The van der Waals surface area contributed by atoms with E-state index in [9.17, 15) is 10.2 Å². The molecule has 0 unspecified atom stereocenters.